The summed E-state index contributed by atoms with van der Waals surface area (Å²) >= 11 is 0. The molecule has 1 rings (SSSR count). The van der Waals surface area contributed by atoms with Crippen molar-refractivity contribution < 1.29 is 4.39 Å². The Bertz CT molecular complexity index is 142. The molecule has 0 radical (unpaired) electrons. The minimum Gasteiger partial charge on any atom is -0.316 e. The normalized spacial score (nSPS) is 22.2. The Balaban J connectivity index is 2.17. The summed E-state index contributed by atoms with van der Waals surface area (Å²) in [7, 11) is 0. The molecular formula is C10H21FN2. The predicted octanol–water partition coefficient (Wildman–Crippen LogP) is 1.32. The molecule has 1 saturated heterocycles. The lowest BCUT2D eigenvalue weighted by Crippen LogP contribution is -2.45. The fourth-order valence-electron chi connectivity index (χ4n) is 1.64. The average Bonchev–Trinajstić information content (AvgIpc) is 2.04. The Kier molecular flexibility index (Phi) is 4.13. The van der Waals surface area contributed by atoms with Gasteiger partial charge in [-0.1, -0.05) is 13.8 Å². The molecule has 2 N–H and O–H groups in total. The van der Waals surface area contributed by atoms with Crippen molar-refractivity contribution in [3.05, 3.63) is 0 Å². The topological polar surface area (TPSA) is 24.1 Å². The summed E-state index contributed by atoms with van der Waals surface area (Å²) in [5, 5.41) is 6.36. The zero-order valence-electron chi connectivity index (χ0n) is 8.70. The van der Waals surface area contributed by atoms with Gasteiger partial charge in [-0.2, -0.15) is 0 Å². The van der Waals surface area contributed by atoms with Gasteiger partial charge in [0.05, 0.1) is 0 Å². The molecule has 0 aromatic carbocycles. The molecule has 2 nitrogen and oxygen atoms in total. The van der Waals surface area contributed by atoms with Crippen LogP contribution >= 0.6 is 0 Å². The lowest BCUT2D eigenvalue weighted by molar-refractivity contribution is 0.113. The van der Waals surface area contributed by atoms with Crippen LogP contribution in [-0.2, 0) is 0 Å². The molecule has 0 aliphatic carbocycles. The molecular weight excluding hydrogens is 167 g/mol. The number of rotatable bonds is 4. The first-order valence-corrected chi connectivity index (χ1v) is 5.23. The van der Waals surface area contributed by atoms with Crippen LogP contribution in [0, 0.1) is 5.92 Å². The van der Waals surface area contributed by atoms with Crippen molar-refractivity contribution in [3.8, 4) is 0 Å². The van der Waals surface area contributed by atoms with Crippen molar-refractivity contribution >= 4 is 0 Å². The van der Waals surface area contributed by atoms with Gasteiger partial charge < -0.3 is 10.6 Å². The molecule has 0 amide bonds. The van der Waals surface area contributed by atoms with Crippen LogP contribution in [0.15, 0.2) is 0 Å². The molecule has 0 aromatic heterocycles. The third kappa shape index (κ3) is 4.05. The van der Waals surface area contributed by atoms with E-state index in [0.29, 0.717) is 25.3 Å². The fourth-order valence-corrected chi connectivity index (χ4v) is 1.64. The zero-order chi connectivity index (χ0) is 9.73. The van der Waals surface area contributed by atoms with Crippen LogP contribution in [0.1, 0.15) is 26.7 Å². The second kappa shape index (κ2) is 4.91. The molecule has 13 heavy (non-hydrogen) atoms. The summed E-state index contributed by atoms with van der Waals surface area (Å²) in [6, 6.07) is 0. The van der Waals surface area contributed by atoms with Gasteiger partial charge in [0.1, 0.15) is 5.67 Å². The molecule has 0 spiro atoms. The van der Waals surface area contributed by atoms with E-state index >= 15 is 0 Å². The smallest absolute Gasteiger partial charge is 0.125 e. The van der Waals surface area contributed by atoms with Crippen molar-refractivity contribution in [3.63, 3.8) is 0 Å². The number of alkyl halides is 1. The lowest BCUT2D eigenvalue weighted by atomic mass is 9.94. The fraction of sp³-hybridized carbons (Fsp3) is 1.00. The van der Waals surface area contributed by atoms with Gasteiger partial charge >= 0.3 is 0 Å². The molecule has 78 valence electrons. The van der Waals surface area contributed by atoms with Crippen LogP contribution in [0.3, 0.4) is 0 Å². The summed E-state index contributed by atoms with van der Waals surface area (Å²) in [4.78, 5) is 0. The predicted molar refractivity (Wildman–Crippen MR) is 53.7 cm³/mol. The second-order valence-corrected chi connectivity index (χ2v) is 4.43. The van der Waals surface area contributed by atoms with Crippen LogP contribution in [0.4, 0.5) is 4.39 Å². The van der Waals surface area contributed by atoms with Gasteiger partial charge in [0.15, 0.2) is 0 Å². The van der Waals surface area contributed by atoms with E-state index in [1.807, 2.05) is 0 Å². The summed E-state index contributed by atoms with van der Waals surface area (Å²) in [5.74, 6) is 0.602. The number of hydrogen-bond acceptors (Lipinski definition) is 2. The van der Waals surface area contributed by atoms with Gasteiger partial charge in [0.25, 0.3) is 0 Å². The molecule has 1 aliphatic rings. The monoisotopic (exact) mass is 188 g/mol. The average molecular weight is 188 g/mol. The summed E-state index contributed by atoms with van der Waals surface area (Å²) in [5.41, 5.74) is -0.958. The maximum absolute atomic E-state index is 13.9. The van der Waals surface area contributed by atoms with Gasteiger partial charge in [-0.05, 0) is 38.4 Å². The van der Waals surface area contributed by atoms with E-state index in [-0.39, 0.29) is 0 Å². The molecule has 3 heteroatoms. The third-order valence-electron chi connectivity index (χ3n) is 2.49. The summed E-state index contributed by atoms with van der Waals surface area (Å²) in [6.45, 7) is 7.35. The first-order chi connectivity index (χ1) is 6.12. The highest BCUT2D eigenvalue weighted by Gasteiger charge is 2.30. The highest BCUT2D eigenvalue weighted by Crippen LogP contribution is 2.21. The van der Waals surface area contributed by atoms with Crippen molar-refractivity contribution in [1.29, 1.82) is 0 Å². The molecule has 1 heterocycles. The molecule has 0 atom stereocenters. The standard InChI is InChI=1S/C10H21FN2/c1-9(2)7-13-8-10(11)3-5-12-6-4-10/h9,12-13H,3-8H2,1-2H3. The van der Waals surface area contributed by atoms with E-state index in [4.69, 9.17) is 0 Å². The highest BCUT2D eigenvalue weighted by molar-refractivity contribution is 4.86. The Morgan fingerprint density at radius 2 is 2.00 bits per heavy atom. The minimum absolute atomic E-state index is 0.521. The molecule has 0 bridgehead atoms. The van der Waals surface area contributed by atoms with Gasteiger partial charge in [0, 0.05) is 6.54 Å². The first-order valence-electron chi connectivity index (χ1n) is 5.23. The molecule has 0 unspecified atom stereocenters. The van der Waals surface area contributed by atoms with Crippen LogP contribution in [-0.4, -0.2) is 31.8 Å². The number of hydrogen-bond donors (Lipinski definition) is 2. The molecule has 0 saturated carbocycles. The van der Waals surface area contributed by atoms with Crippen molar-refractivity contribution in [1.82, 2.24) is 10.6 Å². The van der Waals surface area contributed by atoms with Crippen molar-refractivity contribution in [2.24, 2.45) is 5.92 Å². The Labute approximate surface area is 80.3 Å². The minimum atomic E-state index is -0.958. The Hall–Kier alpha value is -0.150. The van der Waals surface area contributed by atoms with Crippen molar-refractivity contribution in [2.75, 3.05) is 26.2 Å². The quantitative estimate of drug-likeness (QED) is 0.695. The molecule has 1 fully saturated rings. The lowest BCUT2D eigenvalue weighted by Gasteiger charge is -2.30. The maximum Gasteiger partial charge on any atom is 0.125 e. The van der Waals surface area contributed by atoms with E-state index in [9.17, 15) is 4.39 Å². The summed E-state index contributed by atoms with van der Waals surface area (Å²) in [6.07, 6.45) is 1.30. The van der Waals surface area contributed by atoms with E-state index in [1.54, 1.807) is 0 Å². The first kappa shape index (κ1) is 10.9. The number of nitrogens with one attached hydrogen (secondary N) is 2. The number of piperidine rings is 1. The molecule has 1 aliphatic heterocycles. The summed E-state index contributed by atoms with van der Waals surface area (Å²) < 4.78 is 13.9. The van der Waals surface area contributed by atoms with Crippen LogP contribution in [0.25, 0.3) is 0 Å². The Morgan fingerprint density at radius 3 is 2.54 bits per heavy atom. The highest BCUT2D eigenvalue weighted by atomic mass is 19.1. The van der Waals surface area contributed by atoms with E-state index in [2.05, 4.69) is 24.5 Å². The largest absolute Gasteiger partial charge is 0.316 e. The van der Waals surface area contributed by atoms with E-state index in [1.165, 1.54) is 0 Å². The number of halogens is 1. The Morgan fingerprint density at radius 1 is 1.38 bits per heavy atom. The van der Waals surface area contributed by atoms with Gasteiger partial charge in [0.2, 0.25) is 0 Å². The zero-order valence-corrected chi connectivity index (χ0v) is 8.70. The van der Waals surface area contributed by atoms with Crippen LogP contribution < -0.4 is 10.6 Å². The SMILES string of the molecule is CC(C)CNCC1(F)CCNCC1. The van der Waals surface area contributed by atoms with E-state index in [0.717, 1.165) is 19.6 Å². The maximum atomic E-state index is 13.9. The van der Waals surface area contributed by atoms with Crippen LogP contribution in [0.2, 0.25) is 0 Å². The molecule has 0 aromatic rings. The third-order valence-corrected chi connectivity index (χ3v) is 2.49. The van der Waals surface area contributed by atoms with Gasteiger partial charge in [-0.3, -0.25) is 0 Å². The second-order valence-electron chi connectivity index (χ2n) is 4.43. The van der Waals surface area contributed by atoms with Crippen molar-refractivity contribution in [2.45, 2.75) is 32.4 Å². The van der Waals surface area contributed by atoms with Crippen LogP contribution in [0.5, 0.6) is 0 Å². The van der Waals surface area contributed by atoms with Gasteiger partial charge in [-0.25, -0.2) is 4.39 Å². The van der Waals surface area contributed by atoms with Gasteiger partial charge in [-0.15, -0.1) is 0 Å². The van der Waals surface area contributed by atoms with E-state index < -0.39 is 5.67 Å².